The summed E-state index contributed by atoms with van der Waals surface area (Å²) < 4.78 is 0. The topological polar surface area (TPSA) is 51.2 Å². The Labute approximate surface area is 102 Å². The molecule has 0 aliphatic rings. The normalized spacial score (nSPS) is 10.9. The number of rotatable bonds is 1. The maximum Gasteiger partial charge on any atom is 0.273 e. The highest BCUT2D eigenvalue weighted by molar-refractivity contribution is 5.88. The van der Waals surface area contributed by atoms with Crippen LogP contribution in [-0.2, 0) is 0 Å². The van der Waals surface area contributed by atoms with Gasteiger partial charge in [0, 0.05) is 10.8 Å². The smallest absolute Gasteiger partial charge is 0.273 e. The van der Waals surface area contributed by atoms with E-state index in [0.717, 1.165) is 11.1 Å². The predicted octanol–water partition coefficient (Wildman–Crippen LogP) is 1.46. The number of benzene rings is 2. The van der Waals surface area contributed by atoms with Crippen molar-refractivity contribution in [3.63, 3.8) is 0 Å². The second-order valence-corrected chi connectivity index (χ2v) is 4.11. The first kappa shape index (κ1) is 10.6. The van der Waals surface area contributed by atoms with Gasteiger partial charge in [-0.2, -0.15) is 0 Å². The van der Waals surface area contributed by atoms with Crippen LogP contribution >= 0.6 is 0 Å². The number of fused-ring (bicyclic) bond motifs is 1. The lowest BCUT2D eigenvalue weighted by Crippen LogP contribution is -2.29. The van der Waals surface area contributed by atoms with Crippen LogP contribution in [0.2, 0.25) is 0 Å². The third-order valence-electron chi connectivity index (χ3n) is 3.03. The maximum atomic E-state index is 11.6. The van der Waals surface area contributed by atoms with Crippen LogP contribution in [0.25, 0.3) is 21.9 Å². The second-order valence-electron chi connectivity index (χ2n) is 4.11. The lowest BCUT2D eigenvalue weighted by molar-refractivity contribution is 1.56. The summed E-state index contributed by atoms with van der Waals surface area (Å²) in [5.41, 5.74) is -0.567. The molecule has 0 atom stereocenters. The lowest BCUT2D eigenvalue weighted by Gasteiger charge is -2.00. The molecule has 0 aromatic heterocycles. The van der Waals surface area contributed by atoms with Gasteiger partial charge < -0.3 is 0 Å². The summed E-state index contributed by atoms with van der Waals surface area (Å²) in [6, 6.07) is 14.4. The van der Waals surface area contributed by atoms with E-state index in [2.05, 4.69) is 0 Å². The van der Waals surface area contributed by atoms with Gasteiger partial charge in [0.05, 0.1) is 0 Å². The van der Waals surface area contributed by atoms with E-state index in [1.165, 1.54) is 0 Å². The van der Waals surface area contributed by atoms with E-state index >= 15 is 0 Å². The molecule has 0 N–H and O–H groups in total. The van der Waals surface area contributed by atoms with E-state index in [1.807, 2.05) is 30.3 Å². The van der Waals surface area contributed by atoms with Crippen molar-refractivity contribution in [3.05, 3.63) is 79.2 Å². The molecule has 0 saturated carbocycles. The van der Waals surface area contributed by atoms with Gasteiger partial charge in [0.1, 0.15) is 0 Å². The first-order chi connectivity index (χ1) is 8.68. The molecule has 0 bridgehead atoms. The van der Waals surface area contributed by atoms with Crippen molar-refractivity contribution in [2.45, 2.75) is 0 Å². The Morgan fingerprint density at radius 3 is 1.94 bits per heavy atom. The molecule has 0 aliphatic heterocycles. The van der Waals surface area contributed by atoms with Crippen LogP contribution in [0.15, 0.2) is 62.9 Å². The van der Waals surface area contributed by atoms with Crippen molar-refractivity contribution >= 4 is 10.8 Å². The molecular weight excluding hydrogens is 228 g/mol. The average molecular weight is 236 g/mol. The molecule has 0 heterocycles. The molecule has 3 aromatic carbocycles. The molecule has 0 saturated heterocycles. The Balaban J connectivity index is 2.37. The third kappa shape index (κ3) is 1.41. The fourth-order valence-corrected chi connectivity index (χ4v) is 2.09. The zero-order chi connectivity index (χ0) is 12.7. The largest absolute Gasteiger partial charge is 0.285 e. The predicted molar refractivity (Wildman–Crippen MR) is 70.6 cm³/mol. The molecule has 0 radical (unpaired) electrons. The average Bonchev–Trinajstić information content (AvgIpc) is 2.65. The van der Waals surface area contributed by atoms with Gasteiger partial charge in [-0.25, -0.2) is 0 Å². The van der Waals surface area contributed by atoms with E-state index in [-0.39, 0.29) is 10.8 Å². The van der Waals surface area contributed by atoms with E-state index in [9.17, 15) is 14.4 Å². The molecule has 0 amide bonds. The fourth-order valence-electron chi connectivity index (χ4n) is 2.09. The van der Waals surface area contributed by atoms with E-state index < -0.39 is 16.3 Å². The third-order valence-corrected chi connectivity index (χ3v) is 3.03. The Kier molecular flexibility index (Phi) is 2.20. The summed E-state index contributed by atoms with van der Waals surface area (Å²) in [6.07, 6.45) is 0. The van der Waals surface area contributed by atoms with Gasteiger partial charge in [-0.3, -0.25) is 14.4 Å². The van der Waals surface area contributed by atoms with Gasteiger partial charge in [-0.1, -0.05) is 36.4 Å². The van der Waals surface area contributed by atoms with Gasteiger partial charge in [-0.05, 0) is 23.3 Å². The molecule has 0 aliphatic carbocycles. The summed E-state index contributed by atoms with van der Waals surface area (Å²) in [7, 11) is 0. The zero-order valence-electron chi connectivity index (χ0n) is 9.34. The molecule has 3 aromatic rings. The summed E-state index contributed by atoms with van der Waals surface area (Å²) in [5, 5.41) is 0.427. The van der Waals surface area contributed by atoms with Crippen LogP contribution in [0.1, 0.15) is 0 Å². The Morgan fingerprint density at radius 1 is 0.556 bits per heavy atom. The molecule has 3 heteroatoms. The van der Waals surface area contributed by atoms with E-state index in [1.54, 1.807) is 18.2 Å². The molecule has 0 spiro atoms. The molecule has 0 unspecified atom stereocenters. The van der Waals surface area contributed by atoms with Crippen LogP contribution in [-0.4, -0.2) is 0 Å². The SMILES string of the molecule is O=c1c(=O)c2ccc(-c3ccccc3)cc2c1=O. The van der Waals surface area contributed by atoms with Gasteiger partial charge in [0.25, 0.3) is 5.43 Å². The van der Waals surface area contributed by atoms with E-state index in [0.29, 0.717) is 0 Å². The Morgan fingerprint density at radius 2 is 1.22 bits per heavy atom. The molecule has 0 fully saturated rings. The highest BCUT2D eigenvalue weighted by Gasteiger charge is 2.12. The van der Waals surface area contributed by atoms with Crippen molar-refractivity contribution in [3.8, 4) is 11.1 Å². The molecule has 86 valence electrons. The summed E-state index contributed by atoms with van der Waals surface area (Å²) in [5.74, 6) is 0. The number of hydrogen-bond donors (Lipinski definition) is 0. The highest BCUT2D eigenvalue weighted by Crippen LogP contribution is 2.21. The van der Waals surface area contributed by atoms with Crippen molar-refractivity contribution in [1.82, 2.24) is 0 Å². The fraction of sp³-hybridized carbons (Fsp3) is 0. The molecule has 3 nitrogen and oxygen atoms in total. The van der Waals surface area contributed by atoms with Crippen molar-refractivity contribution in [2.75, 3.05) is 0 Å². The van der Waals surface area contributed by atoms with Crippen molar-refractivity contribution in [1.29, 1.82) is 0 Å². The molecule has 3 rings (SSSR count). The standard InChI is InChI=1S/C15H8O3/c16-13-11-7-6-10(9-4-2-1-3-5-9)8-12(11)14(17)15(13)18/h1-8H. The van der Waals surface area contributed by atoms with Crippen molar-refractivity contribution in [2.24, 2.45) is 0 Å². The van der Waals surface area contributed by atoms with Gasteiger partial charge in [0.2, 0.25) is 10.9 Å². The lowest BCUT2D eigenvalue weighted by atomic mass is 10.0. The molecular formula is C15H8O3. The van der Waals surface area contributed by atoms with Crippen LogP contribution in [0.5, 0.6) is 0 Å². The highest BCUT2D eigenvalue weighted by atomic mass is 16.2. The van der Waals surface area contributed by atoms with Crippen LogP contribution in [0.3, 0.4) is 0 Å². The van der Waals surface area contributed by atoms with Crippen LogP contribution in [0.4, 0.5) is 0 Å². The van der Waals surface area contributed by atoms with Crippen LogP contribution in [0, 0.1) is 0 Å². The minimum Gasteiger partial charge on any atom is -0.285 e. The first-order valence-corrected chi connectivity index (χ1v) is 5.51. The van der Waals surface area contributed by atoms with E-state index in [4.69, 9.17) is 0 Å². The minimum absolute atomic E-state index is 0.213. The van der Waals surface area contributed by atoms with Gasteiger partial charge in [0.15, 0.2) is 0 Å². The van der Waals surface area contributed by atoms with Crippen molar-refractivity contribution < 1.29 is 0 Å². The summed E-state index contributed by atoms with van der Waals surface area (Å²) in [6.45, 7) is 0. The maximum absolute atomic E-state index is 11.6. The zero-order valence-corrected chi connectivity index (χ0v) is 9.34. The Hall–Kier alpha value is -2.55. The quantitative estimate of drug-likeness (QED) is 0.601. The minimum atomic E-state index is -0.935. The molecule has 18 heavy (non-hydrogen) atoms. The summed E-state index contributed by atoms with van der Waals surface area (Å²) >= 11 is 0. The Bertz CT molecular complexity index is 870. The second kappa shape index (κ2) is 3.74. The number of hydrogen-bond acceptors (Lipinski definition) is 3. The first-order valence-electron chi connectivity index (χ1n) is 5.51. The van der Waals surface area contributed by atoms with Gasteiger partial charge in [-0.15, -0.1) is 0 Å². The van der Waals surface area contributed by atoms with Crippen LogP contribution < -0.4 is 16.3 Å². The monoisotopic (exact) mass is 236 g/mol. The summed E-state index contributed by atoms with van der Waals surface area (Å²) in [4.78, 5) is 34.4. The van der Waals surface area contributed by atoms with Gasteiger partial charge >= 0.3 is 0 Å².